The van der Waals surface area contributed by atoms with Crippen molar-refractivity contribution in [1.82, 2.24) is 14.8 Å². The lowest BCUT2D eigenvalue weighted by Gasteiger charge is -2.13. The Hall–Kier alpha value is -2.46. The molecule has 3 aromatic rings. The van der Waals surface area contributed by atoms with Crippen molar-refractivity contribution in [3.8, 4) is 0 Å². The Morgan fingerprint density at radius 2 is 1.52 bits per heavy atom. The van der Waals surface area contributed by atoms with Crippen LogP contribution in [0.5, 0.6) is 0 Å². The zero-order valence-corrected chi connectivity index (χ0v) is 11.8. The molecule has 2 N–H and O–H groups in total. The monoisotopic (exact) mass is 278 g/mol. The Morgan fingerprint density at radius 3 is 2.19 bits per heavy atom. The molecule has 0 fully saturated rings. The van der Waals surface area contributed by atoms with Crippen LogP contribution in [0.2, 0.25) is 0 Å². The van der Waals surface area contributed by atoms with E-state index in [2.05, 4.69) is 34.5 Å². The molecule has 0 radical (unpaired) electrons. The predicted octanol–water partition coefficient (Wildman–Crippen LogP) is 2.57. The van der Waals surface area contributed by atoms with Crippen molar-refractivity contribution in [2.45, 2.75) is 19.0 Å². The van der Waals surface area contributed by atoms with Crippen LogP contribution in [0.15, 0.2) is 67.0 Å². The first-order valence-electron chi connectivity index (χ1n) is 7.04. The molecule has 1 atom stereocenters. The highest BCUT2D eigenvalue weighted by molar-refractivity contribution is 5.18. The van der Waals surface area contributed by atoms with Crippen LogP contribution >= 0.6 is 0 Å². The first-order valence-corrected chi connectivity index (χ1v) is 7.04. The maximum absolute atomic E-state index is 6.30. The van der Waals surface area contributed by atoms with Gasteiger partial charge in [-0.25, -0.2) is 0 Å². The van der Waals surface area contributed by atoms with Crippen molar-refractivity contribution < 1.29 is 0 Å². The molecule has 3 rings (SSSR count). The van der Waals surface area contributed by atoms with Gasteiger partial charge in [-0.05, 0) is 17.5 Å². The van der Waals surface area contributed by atoms with E-state index in [-0.39, 0.29) is 6.04 Å². The van der Waals surface area contributed by atoms with Gasteiger partial charge in [0, 0.05) is 0 Å². The molecule has 0 spiro atoms. The van der Waals surface area contributed by atoms with Crippen molar-refractivity contribution in [2.75, 3.05) is 0 Å². The van der Waals surface area contributed by atoms with E-state index >= 15 is 0 Å². The largest absolute Gasteiger partial charge is 0.321 e. The van der Waals surface area contributed by atoms with Crippen LogP contribution in [0, 0.1) is 0 Å². The summed E-state index contributed by atoms with van der Waals surface area (Å²) in [6.45, 7) is 0.742. The highest BCUT2D eigenvalue weighted by Crippen LogP contribution is 2.15. The number of hydrogen-bond acceptors (Lipinski definition) is 3. The van der Waals surface area contributed by atoms with Crippen molar-refractivity contribution in [3.05, 3.63) is 83.9 Å². The summed E-state index contributed by atoms with van der Waals surface area (Å²) >= 11 is 0. The van der Waals surface area contributed by atoms with Gasteiger partial charge >= 0.3 is 0 Å². The van der Waals surface area contributed by atoms with E-state index in [0.29, 0.717) is 0 Å². The van der Waals surface area contributed by atoms with Crippen LogP contribution in [0.3, 0.4) is 0 Å². The van der Waals surface area contributed by atoms with Gasteiger partial charge < -0.3 is 10.3 Å². The lowest BCUT2D eigenvalue weighted by molar-refractivity contribution is 0.609. The summed E-state index contributed by atoms with van der Waals surface area (Å²) in [5, 5.41) is 8.21. The number of nitrogens with zero attached hydrogens (tertiary/aromatic N) is 3. The fourth-order valence-electron chi connectivity index (χ4n) is 2.41. The summed E-state index contributed by atoms with van der Waals surface area (Å²) in [5.41, 5.74) is 8.72. The molecule has 0 aliphatic rings. The third-order valence-corrected chi connectivity index (χ3v) is 3.47. The SMILES string of the molecule is N[C@@H](Cc1ccccc1)c1nncn1Cc1ccccc1. The lowest BCUT2D eigenvalue weighted by atomic mass is 10.1. The van der Waals surface area contributed by atoms with Gasteiger partial charge in [-0.15, -0.1) is 10.2 Å². The van der Waals surface area contributed by atoms with E-state index in [1.54, 1.807) is 6.33 Å². The molecule has 1 aromatic heterocycles. The third-order valence-electron chi connectivity index (χ3n) is 3.47. The summed E-state index contributed by atoms with van der Waals surface area (Å²) < 4.78 is 2.02. The van der Waals surface area contributed by atoms with Gasteiger partial charge in [0.1, 0.15) is 12.2 Å². The zero-order valence-electron chi connectivity index (χ0n) is 11.8. The quantitative estimate of drug-likeness (QED) is 0.780. The first-order chi connectivity index (χ1) is 10.3. The summed E-state index contributed by atoms with van der Waals surface area (Å²) in [6.07, 6.45) is 2.50. The molecule has 0 saturated heterocycles. The maximum Gasteiger partial charge on any atom is 0.150 e. The van der Waals surface area contributed by atoms with Crippen molar-refractivity contribution in [3.63, 3.8) is 0 Å². The van der Waals surface area contributed by atoms with Crippen LogP contribution in [0.4, 0.5) is 0 Å². The second-order valence-electron chi connectivity index (χ2n) is 5.10. The number of hydrogen-bond donors (Lipinski definition) is 1. The normalized spacial score (nSPS) is 12.2. The van der Waals surface area contributed by atoms with Gasteiger partial charge in [0.2, 0.25) is 0 Å². The average Bonchev–Trinajstić information content (AvgIpc) is 2.97. The number of aromatic nitrogens is 3. The molecule has 0 unspecified atom stereocenters. The van der Waals surface area contributed by atoms with E-state index in [9.17, 15) is 0 Å². The Balaban J connectivity index is 1.75. The molecule has 4 heteroatoms. The van der Waals surface area contributed by atoms with Crippen molar-refractivity contribution in [1.29, 1.82) is 0 Å². The van der Waals surface area contributed by atoms with Gasteiger partial charge in [0.15, 0.2) is 0 Å². The molecule has 21 heavy (non-hydrogen) atoms. The summed E-state index contributed by atoms with van der Waals surface area (Å²) in [5.74, 6) is 0.822. The standard InChI is InChI=1S/C17H18N4/c18-16(11-14-7-3-1-4-8-14)17-20-19-13-21(17)12-15-9-5-2-6-10-15/h1-10,13,16H,11-12,18H2/t16-/m0/s1. The Kier molecular flexibility index (Phi) is 4.07. The van der Waals surface area contributed by atoms with Gasteiger partial charge in [-0.2, -0.15) is 0 Å². The van der Waals surface area contributed by atoms with E-state index < -0.39 is 0 Å². The van der Waals surface area contributed by atoms with Crippen molar-refractivity contribution >= 4 is 0 Å². The third kappa shape index (κ3) is 3.35. The summed E-state index contributed by atoms with van der Waals surface area (Å²) in [6, 6.07) is 20.3. The van der Waals surface area contributed by atoms with Gasteiger partial charge in [0.05, 0.1) is 12.6 Å². The fraction of sp³-hybridized carbons (Fsp3) is 0.176. The molecule has 4 nitrogen and oxygen atoms in total. The second-order valence-corrected chi connectivity index (χ2v) is 5.10. The fourth-order valence-corrected chi connectivity index (χ4v) is 2.41. The summed E-state index contributed by atoms with van der Waals surface area (Å²) in [7, 11) is 0. The molecule has 0 saturated carbocycles. The lowest BCUT2D eigenvalue weighted by Crippen LogP contribution is -2.19. The highest BCUT2D eigenvalue weighted by atomic mass is 15.3. The van der Waals surface area contributed by atoms with Gasteiger partial charge in [0.25, 0.3) is 0 Å². The van der Waals surface area contributed by atoms with Gasteiger partial charge in [-0.1, -0.05) is 60.7 Å². The Morgan fingerprint density at radius 1 is 0.905 bits per heavy atom. The number of nitrogens with two attached hydrogens (primary N) is 1. The first kappa shape index (κ1) is 13.5. The Bertz CT molecular complexity index is 676. The molecule has 0 bridgehead atoms. The smallest absolute Gasteiger partial charge is 0.150 e. The van der Waals surface area contributed by atoms with Crippen LogP contribution in [0.25, 0.3) is 0 Å². The van der Waals surface area contributed by atoms with Crippen LogP contribution < -0.4 is 5.73 Å². The molecule has 1 heterocycles. The topological polar surface area (TPSA) is 56.7 Å². The average molecular weight is 278 g/mol. The highest BCUT2D eigenvalue weighted by Gasteiger charge is 2.14. The molecule has 0 aliphatic carbocycles. The number of benzene rings is 2. The minimum absolute atomic E-state index is 0.154. The van der Waals surface area contributed by atoms with Crippen LogP contribution in [0.1, 0.15) is 23.0 Å². The van der Waals surface area contributed by atoms with Crippen LogP contribution in [-0.2, 0) is 13.0 Å². The van der Waals surface area contributed by atoms with Crippen molar-refractivity contribution in [2.24, 2.45) is 5.73 Å². The van der Waals surface area contributed by atoms with Crippen LogP contribution in [-0.4, -0.2) is 14.8 Å². The van der Waals surface area contributed by atoms with E-state index in [0.717, 1.165) is 18.8 Å². The molecular weight excluding hydrogens is 260 g/mol. The minimum Gasteiger partial charge on any atom is -0.321 e. The molecule has 0 aliphatic heterocycles. The molecule has 0 amide bonds. The zero-order chi connectivity index (χ0) is 14.5. The second kappa shape index (κ2) is 6.33. The molecule has 2 aromatic carbocycles. The maximum atomic E-state index is 6.30. The Labute approximate surface area is 124 Å². The number of rotatable bonds is 5. The van der Waals surface area contributed by atoms with E-state index in [1.165, 1.54) is 11.1 Å². The molecule has 106 valence electrons. The molecular formula is C17H18N4. The predicted molar refractivity (Wildman–Crippen MR) is 82.6 cm³/mol. The van der Waals surface area contributed by atoms with E-state index in [1.807, 2.05) is 41.0 Å². The van der Waals surface area contributed by atoms with Gasteiger partial charge in [-0.3, -0.25) is 0 Å². The minimum atomic E-state index is -0.154. The van der Waals surface area contributed by atoms with E-state index in [4.69, 9.17) is 5.73 Å². The summed E-state index contributed by atoms with van der Waals surface area (Å²) in [4.78, 5) is 0.